The number of rotatable bonds is 29. The second-order valence-corrected chi connectivity index (χ2v) is 12.9. The highest BCUT2D eigenvalue weighted by Crippen LogP contribution is 2.15. The summed E-state index contributed by atoms with van der Waals surface area (Å²) in [7, 11) is 0. The van der Waals surface area contributed by atoms with Crippen LogP contribution in [0.1, 0.15) is 179 Å². The van der Waals surface area contributed by atoms with Crippen molar-refractivity contribution in [2.45, 2.75) is 194 Å². The molecule has 2 nitrogen and oxygen atoms in total. The molecule has 0 N–H and O–H groups in total. The van der Waals surface area contributed by atoms with Crippen LogP contribution in [0.4, 0.5) is 0 Å². The largest absolute Gasteiger partial charge is 0.256 e. The lowest BCUT2D eigenvalue weighted by Crippen LogP contribution is -2.37. The minimum Gasteiger partial charge on any atom is -0.234 e. The van der Waals surface area contributed by atoms with Crippen molar-refractivity contribution < 1.29 is 4.57 Å². The van der Waals surface area contributed by atoms with Gasteiger partial charge in [-0.05, 0) is 37.7 Å². The second-order valence-electron chi connectivity index (χ2n) is 12.9. The van der Waals surface area contributed by atoms with E-state index in [1.807, 2.05) is 0 Å². The molecule has 1 heterocycles. The highest BCUT2D eigenvalue weighted by atomic mass is 15.1. The molecule has 2 rings (SSSR count). The van der Waals surface area contributed by atoms with Gasteiger partial charge in [0.25, 0.3) is 5.82 Å². The molecule has 0 spiro atoms. The van der Waals surface area contributed by atoms with Gasteiger partial charge in [-0.1, -0.05) is 173 Å². The number of hydrogen-bond acceptors (Lipinski definition) is 0. The van der Waals surface area contributed by atoms with Gasteiger partial charge in [0.05, 0.1) is 13.1 Å². The van der Waals surface area contributed by atoms with Crippen LogP contribution in [-0.4, -0.2) is 4.57 Å². The zero-order valence-corrected chi connectivity index (χ0v) is 27.7. The summed E-state index contributed by atoms with van der Waals surface area (Å²) in [4.78, 5) is 0. The third-order valence-electron chi connectivity index (χ3n) is 9.05. The lowest BCUT2D eigenvalue weighted by Gasteiger charge is -2.07. The average molecular weight is 566 g/mol. The summed E-state index contributed by atoms with van der Waals surface area (Å²) in [6.45, 7) is 6.96. The predicted octanol–water partition coefficient (Wildman–Crippen LogP) is 12.0. The van der Waals surface area contributed by atoms with E-state index >= 15 is 0 Å². The number of hydrogen-bond donors (Lipinski definition) is 0. The van der Waals surface area contributed by atoms with Crippen LogP contribution in [0.15, 0.2) is 42.7 Å². The van der Waals surface area contributed by atoms with Gasteiger partial charge in [-0.3, -0.25) is 0 Å². The van der Waals surface area contributed by atoms with E-state index in [0.29, 0.717) is 0 Å². The average Bonchev–Trinajstić information content (AvgIpc) is 3.38. The number of benzene rings is 1. The molecule has 0 unspecified atom stereocenters. The summed E-state index contributed by atoms with van der Waals surface area (Å²) in [6, 6.07) is 11.0. The standard InChI is InChI=1S/C39H69N2/c1-3-5-7-9-11-13-14-15-16-17-18-19-20-22-27-33-39-40(34-28-23-21-12-10-8-6-4-2)36-37-41(39)35-29-32-38-30-25-24-26-31-38/h24-26,30-31,36-37H,3-23,27-29,32-35H2,1-2H3/q+1. The normalized spacial score (nSPS) is 11.5. The number of aromatic nitrogens is 2. The summed E-state index contributed by atoms with van der Waals surface area (Å²) in [5.41, 5.74) is 1.47. The van der Waals surface area contributed by atoms with Crippen molar-refractivity contribution in [3.8, 4) is 0 Å². The first-order valence-corrected chi connectivity index (χ1v) is 18.5. The Kier molecular flexibility index (Phi) is 22.7. The molecule has 41 heavy (non-hydrogen) atoms. The molecule has 2 aromatic rings. The van der Waals surface area contributed by atoms with Crippen molar-refractivity contribution >= 4 is 0 Å². The number of unbranched alkanes of at least 4 members (excludes halogenated alkanes) is 21. The smallest absolute Gasteiger partial charge is 0.234 e. The Hall–Kier alpha value is -1.57. The summed E-state index contributed by atoms with van der Waals surface area (Å²) < 4.78 is 5.18. The molecule has 0 amide bonds. The molecule has 0 fully saturated rings. The Balaban J connectivity index is 1.62. The molecule has 0 saturated carbocycles. The Morgan fingerprint density at radius 2 is 0.951 bits per heavy atom. The van der Waals surface area contributed by atoms with Crippen molar-refractivity contribution in [1.82, 2.24) is 4.57 Å². The van der Waals surface area contributed by atoms with Crippen LogP contribution in [0.3, 0.4) is 0 Å². The van der Waals surface area contributed by atoms with Crippen molar-refractivity contribution in [3.63, 3.8) is 0 Å². The van der Waals surface area contributed by atoms with Gasteiger partial charge in [0, 0.05) is 6.42 Å². The van der Waals surface area contributed by atoms with Gasteiger partial charge >= 0.3 is 0 Å². The first-order chi connectivity index (χ1) is 20.3. The van der Waals surface area contributed by atoms with Gasteiger partial charge in [-0.25, -0.2) is 9.13 Å². The van der Waals surface area contributed by atoms with E-state index in [1.54, 1.807) is 5.82 Å². The van der Waals surface area contributed by atoms with E-state index in [1.165, 1.54) is 179 Å². The second kappa shape index (κ2) is 26.1. The fourth-order valence-electron chi connectivity index (χ4n) is 6.36. The molecule has 1 aromatic carbocycles. The van der Waals surface area contributed by atoms with E-state index in [9.17, 15) is 0 Å². The van der Waals surface area contributed by atoms with E-state index in [2.05, 4.69) is 65.7 Å². The lowest BCUT2D eigenvalue weighted by atomic mass is 10.0. The Morgan fingerprint density at radius 3 is 1.46 bits per heavy atom. The molecule has 2 heteroatoms. The van der Waals surface area contributed by atoms with Crippen LogP contribution in [0.2, 0.25) is 0 Å². The monoisotopic (exact) mass is 566 g/mol. The van der Waals surface area contributed by atoms with Crippen molar-refractivity contribution in [2.24, 2.45) is 0 Å². The molecular formula is C39H69N2+. The minimum atomic E-state index is 1.15. The molecular weight excluding hydrogens is 496 g/mol. The van der Waals surface area contributed by atoms with Gasteiger partial charge in [0.15, 0.2) is 0 Å². The maximum absolute atomic E-state index is 2.60. The highest BCUT2D eigenvalue weighted by Gasteiger charge is 2.16. The third kappa shape index (κ3) is 18.6. The van der Waals surface area contributed by atoms with E-state index < -0.39 is 0 Å². The Labute approximate surface area is 256 Å². The van der Waals surface area contributed by atoms with Crippen molar-refractivity contribution in [2.75, 3.05) is 0 Å². The number of imidazole rings is 1. The quantitative estimate of drug-likeness (QED) is 0.0685. The fraction of sp³-hybridized carbons (Fsp3) is 0.769. The Bertz CT molecular complexity index is 808. The fourth-order valence-corrected chi connectivity index (χ4v) is 6.36. The molecule has 234 valence electrons. The molecule has 0 radical (unpaired) electrons. The summed E-state index contributed by atoms with van der Waals surface area (Å²) in [6.07, 6.45) is 41.1. The maximum atomic E-state index is 2.60. The van der Waals surface area contributed by atoms with Crippen LogP contribution in [0, 0.1) is 0 Å². The molecule has 0 atom stereocenters. The van der Waals surface area contributed by atoms with Crippen LogP contribution in [-0.2, 0) is 25.9 Å². The van der Waals surface area contributed by atoms with Gasteiger partial charge in [0.1, 0.15) is 12.4 Å². The van der Waals surface area contributed by atoms with Crippen LogP contribution in [0.25, 0.3) is 0 Å². The molecule has 0 aliphatic carbocycles. The first-order valence-electron chi connectivity index (χ1n) is 18.5. The first kappa shape index (κ1) is 35.6. The van der Waals surface area contributed by atoms with E-state index in [-0.39, 0.29) is 0 Å². The molecule has 0 bridgehead atoms. The third-order valence-corrected chi connectivity index (χ3v) is 9.05. The maximum Gasteiger partial charge on any atom is 0.256 e. The van der Waals surface area contributed by atoms with Crippen molar-refractivity contribution in [3.05, 3.63) is 54.1 Å². The molecule has 0 aliphatic rings. The Morgan fingerprint density at radius 1 is 0.488 bits per heavy atom. The molecule has 1 aromatic heterocycles. The lowest BCUT2D eigenvalue weighted by molar-refractivity contribution is -0.704. The van der Waals surface area contributed by atoms with Gasteiger partial charge < -0.3 is 0 Å². The SMILES string of the molecule is CCCCCCCCCCCCCCCCCc1n(CCCCCCCCCC)cc[n+]1CCCc1ccccc1. The van der Waals surface area contributed by atoms with Crippen molar-refractivity contribution in [1.29, 1.82) is 0 Å². The summed E-state index contributed by atoms with van der Waals surface area (Å²) in [5.74, 6) is 1.58. The molecule has 0 aliphatic heterocycles. The minimum absolute atomic E-state index is 1.15. The molecule has 0 saturated heterocycles. The van der Waals surface area contributed by atoms with Crippen LogP contribution < -0.4 is 4.57 Å². The number of nitrogens with zero attached hydrogens (tertiary/aromatic N) is 2. The van der Waals surface area contributed by atoms with Gasteiger partial charge in [-0.15, -0.1) is 0 Å². The van der Waals surface area contributed by atoms with Crippen LogP contribution >= 0.6 is 0 Å². The summed E-state index contributed by atoms with van der Waals surface area (Å²) in [5, 5.41) is 0. The van der Waals surface area contributed by atoms with Crippen LogP contribution in [0.5, 0.6) is 0 Å². The zero-order chi connectivity index (χ0) is 29.1. The summed E-state index contributed by atoms with van der Waals surface area (Å²) >= 11 is 0. The number of aryl methyl sites for hydroxylation is 3. The van der Waals surface area contributed by atoms with E-state index in [0.717, 1.165) is 6.54 Å². The predicted molar refractivity (Wildman–Crippen MR) is 181 cm³/mol. The van der Waals surface area contributed by atoms with E-state index in [4.69, 9.17) is 0 Å². The topological polar surface area (TPSA) is 8.81 Å². The van der Waals surface area contributed by atoms with Gasteiger partial charge in [0.2, 0.25) is 0 Å². The highest BCUT2D eigenvalue weighted by molar-refractivity contribution is 5.14. The zero-order valence-electron chi connectivity index (χ0n) is 27.7. The van der Waals surface area contributed by atoms with Gasteiger partial charge in [-0.2, -0.15) is 0 Å².